The predicted octanol–water partition coefficient (Wildman–Crippen LogP) is 3.38. The van der Waals surface area contributed by atoms with E-state index in [-0.39, 0.29) is 29.6 Å². The molecule has 0 aromatic heterocycles. The first-order chi connectivity index (χ1) is 15.1. The van der Waals surface area contributed by atoms with Gasteiger partial charge in [-0.3, -0.25) is 0 Å². The van der Waals surface area contributed by atoms with Gasteiger partial charge >= 0.3 is 12.1 Å². The number of carbonyl (C=O) groups excluding carboxylic acids is 2. The first-order valence-corrected chi connectivity index (χ1v) is 11.6. The molecule has 1 saturated carbocycles. The summed E-state index contributed by atoms with van der Waals surface area (Å²) in [7, 11) is 2.95. The number of rotatable bonds is 9. The highest BCUT2D eigenvalue weighted by atomic mass is 16.6. The molecule has 3 fully saturated rings. The number of methoxy groups -OCH3 is 2. The van der Waals surface area contributed by atoms with Gasteiger partial charge in [0.15, 0.2) is 0 Å². The van der Waals surface area contributed by atoms with E-state index in [0.29, 0.717) is 19.4 Å². The van der Waals surface area contributed by atoms with Crippen molar-refractivity contribution in [2.24, 2.45) is 11.8 Å². The van der Waals surface area contributed by atoms with Gasteiger partial charge in [0.05, 0.1) is 25.7 Å². The van der Waals surface area contributed by atoms with Crippen LogP contribution in [-0.2, 0) is 28.5 Å². The van der Waals surface area contributed by atoms with Crippen LogP contribution in [0.15, 0.2) is 11.6 Å². The second-order valence-electron chi connectivity index (χ2n) is 10.2. The molecule has 8 heteroatoms. The van der Waals surface area contributed by atoms with Crippen molar-refractivity contribution in [2.45, 2.75) is 95.9 Å². The van der Waals surface area contributed by atoms with E-state index in [1.54, 1.807) is 7.11 Å². The van der Waals surface area contributed by atoms with Gasteiger partial charge in [0, 0.05) is 7.11 Å². The van der Waals surface area contributed by atoms with Crippen molar-refractivity contribution in [2.75, 3.05) is 20.8 Å². The van der Waals surface area contributed by atoms with E-state index < -0.39 is 29.8 Å². The van der Waals surface area contributed by atoms with Crippen LogP contribution in [0, 0.1) is 11.8 Å². The number of hydrogen-bond donors (Lipinski definition) is 1. The van der Waals surface area contributed by atoms with Crippen molar-refractivity contribution in [1.29, 1.82) is 0 Å². The number of nitrogens with one attached hydrogen (secondary N) is 1. The van der Waals surface area contributed by atoms with Gasteiger partial charge in [0.1, 0.15) is 29.5 Å². The summed E-state index contributed by atoms with van der Waals surface area (Å²) in [6, 6.07) is -0.747. The molecule has 1 amide bonds. The van der Waals surface area contributed by atoms with Gasteiger partial charge in [-0.2, -0.15) is 0 Å². The molecule has 2 saturated heterocycles. The van der Waals surface area contributed by atoms with Crippen molar-refractivity contribution >= 4 is 12.1 Å². The molecular formula is C24H39NO7. The SMILES string of the molecule is COC(=O)[C@@H](CC(C)C)NC(=O)O[C@@H]1CC[C@]2(CO2)[C@@H](C2(C)O[C@@H]2CC=C(C)C)[C@@H]1OC. The topological polar surface area (TPSA) is 98.9 Å². The normalized spacial score (nSPS) is 36.4. The summed E-state index contributed by atoms with van der Waals surface area (Å²) in [5, 5.41) is 2.68. The largest absolute Gasteiger partial charge is 0.467 e. The number of epoxide rings is 2. The molecule has 3 rings (SSSR count). The first kappa shape index (κ1) is 25.0. The first-order valence-electron chi connectivity index (χ1n) is 11.6. The summed E-state index contributed by atoms with van der Waals surface area (Å²) in [6.45, 7) is 10.9. The minimum Gasteiger partial charge on any atom is -0.467 e. The van der Waals surface area contributed by atoms with Crippen LogP contribution in [0.2, 0.25) is 0 Å². The Bertz CT molecular complexity index is 728. The van der Waals surface area contributed by atoms with Gasteiger partial charge in [-0.05, 0) is 52.4 Å². The molecule has 2 aliphatic heterocycles. The second kappa shape index (κ2) is 9.69. The Labute approximate surface area is 191 Å². The summed E-state index contributed by atoms with van der Waals surface area (Å²) < 4.78 is 28.7. The van der Waals surface area contributed by atoms with E-state index in [9.17, 15) is 9.59 Å². The standard InChI is InChI=1S/C24H39NO7/c1-14(2)8-9-18-23(5,32-18)20-19(28-6)17(10-11-24(20)13-30-24)31-22(27)25-16(12-15(3)4)21(26)29-7/h8,15-20H,9-13H2,1-7H3,(H,25,27)/t16-,17-,18-,19-,20-,23?,24+/m1/s1. The van der Waals surface area contributed by atoms with Gasteiger partial charge in [0.2, 0.25) is 0 Å². The van der Waals surface area contributed by atoms with E-state index in [0.717, 1.165) is 12.8 Å². The van der Waals surface area contributed by atoms with Gasteiger partial charge in [0.25, 0.3) is 0 Å². The lowest BCUT2D eigenvalue weighted by Gasteiger charge is -2.42. The summed E-state index contributed by atoms with van der Waals surface area (Å²) in [6.07, 6.45) is 3.53. The molecule has 8 nitrogen and oxygen atoms in total. The monoisotopic (exact) mass is 453 g/mol. The average molecular weight is 454 g/mol. The molecule has 0 aromatic carbocycles. The Morgan fingerprint density at radius 1 is 1.25 bits per heavy atom. The number of alkyl carbamates (subject to hydrolysis) is 1. The molecule has 1 spiro atoms. The van der Waals surface area contributed by atoms with E-state index in [4.69, 9.17) is 23.7 Å². The smallest absolute Gasteiger partial charge is 0.408 e. The molecule has 1 aliphatic carbocycles. The Balaban J connectivity index is 1.69. The van der Waals surface area contributed by atoms with Crippen LogP contribution in [0.1, 0.15) is 60.3 Å². The number of esters is 1. The second-order valence-corrected chi connectivity index (χ2v) is 10.2. The molecule has 182 valence electrons. The van der Waals surface area contributed by atoms with E-state index in [2.05, 4.69) is 32.2 Å². The zero-order valence-corrected chi connectivity index (χ0v) is 20.4. The molecule has 0 bridgehead atoms. The summed E-state index contributed by atoms with van der Waals surface area (Å²) in [5.74, 6) is -0.317. The van der Waals surface area contributed by atoms with E-state index in [1.807, 2.05) is 13.8 Å². The molecule has 32 heavy (non-hydrogen) atoms. The minimum atomic E-state index is -0.747. The highest BCUT2D eigenvalue weighted by molar-refractivity contribution is 5.81. The van der Waals surface area contributed by atoms with E-state index in [1.165, 1.54) is 12.7 Å². The fourth-order valence-electron chi connectivity index (χ4n) is 5.21. The Morgan fingerprint density at radius 2 is 1.94 bits per heavy atom. The van der Waals surface area contributed by atoms with Crippen LogP contribution in [0.25, 0.3) is 0 Å². The summed E-state index contributed by atoms with van der Waals surface area (Å²) >= 11 is 0. The quantitative estimate of drug-likeness (QED) is 0.325. The number of carbonyl (C=O) groups is 2. The van der Waals surface area contributed by atoms with Crippen LogP contribution in [0.5, 0.6) is 0 Å². The van der Waals surface area contributed by atoms with Crippen LogP contribution in [-0.4, -0.2) is 68.4 Å². The van der Waals surface area contributed by atoms with Crippen LogP contribution >= 0.6 is 0 Å². The Hall–Kier alpha value is -1.64. The van der Waals surface area contributed by atoms with Crippen LogP contribution in [0.3, 0.4) is 0 Å². The third-order valence-corrected chi connectivity index (χ3v) is 6.98. The lowest BCUT2D eigenvalue weighted by molar-refractivity contribution is -0.143. The maximum absolute atomic E-state index is 12.7. The van der Waals surface area contributed by atoms with Crippen molar-refractivity contribution in [3.8, 4) is 0 Å². The van der Waals surface area contributed by atoms with Crippen LogP contribution < -0.4 is 5.32 Å². The Morgan fingerprint density at radius 3 is 2.47 bits per heavy atom. The average Bonchev–Trinajstić information content (AvgIpc) is 3.63. The lowest BCUT2D eigenvalue weighted by atomic mass is 9.68. The number of ether oxygens (including phenoxy) is 5. The Kier molecular flexibility index (Phi) is 7.57. The molecule has 0 aromatic rings. The number of allylic oxidation sites excluding steroid dienone is 1. The third-order valence-electron chi connectivity index (χ3n) is 6.98. The molecule has 7 atom stereocenters. The zero-order valence-electron chi connectivity index (χ0n) is 20.4. The molecular weight excluding hydrogens is 414 g/mol. The molecule has 3 aliphatic rings. The fourth-order valence-corrected chi connectivity index (χ4v) is 5.21. The van der Waals surface area contributed by atoms with Crippen molar-refractivity contribution in [3.05, 3.63) is 11.6 Å². The maximum Gasteiger partial charge on any atom is 0.408 e. The molecule has 1 N–H and O–H groups in total. The van der Waals surface area contributed by atoms with Crippen molar-refractivity contribution < 1.29 is 33.3 Å². The highest BCUT2D eigenvalue weighted by Crippen LogP contribution is 2.59. The summed E-state index contributed by atoms with van der Waals surface area (Å²) in [5.41, 5.74) is 0.581. The molecule has 2 heterocycles. The van der Waals surface area contributed by atoms with Gasteiger partial charge < -0.3 is 29.0 Å². The number of amides is 1. The molecule has 0 radical (unpaired) electrons. The third kappa shape index (κ3) is 5.29. The summed E-state index contributed by atoms with van der Waals surface area (Å²) in [4.78, 5) is 24.8. The highest BCUT2D eigenvalue weighted by Gasteiger charge is 2.72. The molecule has 1 unspecified atom stereocenters. The maximum atomic E-state index is 12.7. The van der Waals surface area contributed by atoms with Gasteiger partial charge in [-0.25, -0.2) is 9.59 Å². The van der Waals surface area contributed by atoms with Crippen LogP contribution in [0.4, 0.5) is 4.79 Å². The zero-order chi connectivity index (χ0) is 23.7. The fraction of sp³-hybridized carbons (Fsp3) is 0.833. The van der Waals surface area contributed by atoms with Crippen molar-refractivity contribution in [1.82, 2.24) is 5.32 Å². The van der Waals surface area contributed by atoms with Crippen molar-refractivity contribution in [3.63, 3.8) is 0 Å². The minimum absolute atomic E-state index is 0.0471. The number of hydrogen-bond acceptors (Lipinski definition) is 7. The lowest BCUT2D eigenvalue weighted by Crippen LogP contribution is -2.56. The van der Waals surface area contributed by atoms with Gasteiger partial charge in [-0.15, -0.1) is 0 Å². The van der Waals surface area contributed by atoms with E-state index >= 15 is 0 Å². The van der Waals surface area contributed by atoms with Gasteiger partial charge in [-0.1, -0.05) is 25.5 Å². The predicted molar refractivity (Wildman–Crippen MR) is 118 cm³/mol.